The summed E-state index contributed by atoms with van der Waals surface area (Å²) in [5.74, 6) is 7.18. The molecule has 1 aliphatic heterocycles. The maximum atomic E-state index is 5.68. The SMILES string of the molecule is COc1c(NN)ncnc1N1CCOC(C)(C)C1. The van der Waals surface area contributed by atoms with Gasteiger partial charge in [-0.3, -0.25) is 0 Å². The molecule has 1 fully saturated rings. The number of nitrogens with two attached hydrogens (primary N) is 1. The number of nitrogens with zero attached hydrogens (tertiary/aromatic N) is 3. The first-order valence-electron chi connectivity index (χ1n) is 5.82. The molecule has 1 aromatic rings. The standard InChI is InChI=1S/C11H19N5O2/c1-11(2)6-16(4-5-18-11)10-8(17-3)9(15-12)13-7-14-10/h7H,4-6,12H2,1-3H3,(H,13,14,15). The maximum Gasteiger partial charge on any atom is 0.205 e. The van der Waals surface area contributed by atoms with E-state index in [1.807, 2.05) is 0 Å². The van der Waals surface area contributed by atoms with E-state index in [4.69, 9.17) is 15.3 Å². The zero-order chi connectivity index (χ0) is 13.2. The van der Waals surface area contributed by atoms with Crippen LogP contribution >= 0.6 is 0 Å². The van der Waals surface area contributed by atoms with Crippen molar-refractivity contribution in [2.75, 3.05) is 37.1 Å². The van der Waals surface area contributed by atoms with Gasteiger partial charge in [0.25, 0.3) is 0 Å². The Bertz CT molecular complexity index is 424. The number of rotatable bonds is 3. The number of nitrogens with one attached hydrogen (secondary N) is 1. The van der Waals surface area contributed by atoms with E-state index in [1.54, 1.807) is 7.11 Å². The van der Waals surface area contributed by atoms with Crippen LogP contribution in [-0.4, -0.2) is 42.4 Å². The Labute approximate surface area is 106 Å². The normalized spacial score (nSPS) is 18.6. The molecule has 0 aromatic carbocycles. The number of hydrogen-bond donors (Lipinski definition) is 2. The lowest BCUT2D eigenvalue weighted by molar-refractivity contribution is -0.0280. The molecule has 0 radical (unpaired) electrons. The minimum atomic E-state index is -0.204. The van der Waals surface area contributed by atoms with Crippen LogP contribution in [0.25, 0.3) is 0 Å². The molecule has 18 heavy (non-hydrogen) atoms. The van der Waals surface area contributed by atoms with Crippen LogP contribution in [0.4, 0.5) is 11.6 Å². The van der Waals surface area contributed by atoms with Crippen LogP contribution in [0.1, 0.15) is 13.8 Å². The molecule has 7 nitrogen and oxygen atoms in total. The van der Waals surface area contributed by atoms with Gasteiger partial charge in [0.2, 0.25) is 5.75 Å². The molecule has 100 valence electrons. The summed E-state index contributed by atoms with van der Waals surface area (Å²) in [7, 11) is 1.58. The van der Waals surface area contributed by atoms with Gasteiger partial charge in [0.15, 0.2) is 11.6 Å². The van der Waals surface area contributed by atoms with Crippen molar-refractivity contribution in [2.24, 2.45) is 5.84 Å². The number of hydrazine groups is 1. The van der Waals surface area contributed by atoms with E-state index in [9.17, 15) is 0 Å². The molecule has 7 heteroatoms. The average molecular weight is 253 g/mol. The van der Waals surface area contributed by atoms with E-state index >= 15 is 0 Å². The Morgan fingerprint density at radius 1 is 1.50 bits per heavy atom. The zero-order valence-corrected chi connectivity index (χ0v) is 10.9. The highest BCUT2D eigenvalue weighted by molar-refractivity contribution is 5.64. The predicted octanol–water partition coefficient (Wildman–Crippen LogP) is 0.386. The molecule has 0 aliphatic carbocycles. The number of morpholine rings is 1. The summed E-state index contributed by atoms with van der Waals surface area (Å²) in [6.45, 7) is 6.26. The van der Waals surface area contributed by atoms with Gasteiger partial charge in [0.1, 0.15) is 6.33 Å². The zero-order valence-electron chi connectivity index (χ0n) is 10.9. The van der Waals surface area contributed by atoms with E-state index in [0.29, 0.717) is 18.2 Å². The van der Waals surface area contributed by atoms with Crippen LogP contribution in [0.15, 0.2) is 6.33 Å². The third-order valence-corrected chi connectivity index (χ3v) is 2.85. The van der Waals surface area contributed by atoms with Gasteiger partial charge in [-0.25, -0.2) is 15.8 Å². The van der Waals surface area contributed by atoms with E-state index in [-0.39, 0.29) is 5.60 Å². The summed E-state index contributed by atoms with van der Waals surface area (Å²) in [5.41, 5.74) is 2.31. The quantitative estimate of drug-likeness (QED) is 0.595. The van der Waals surface area contributed by atoms with Gasteiger partial charge in [0, 0.05) is 13.1 Å². The molecule has 0 saturated carbocycles. The number of nitrogen functional groups attached to an aromatic ring is 1. The smallest absolute Gasteiger partial charge is 0.205 e. The van der Waals surface area contributed by atoms with Crippen LogP contribution in [-0.2, 0) is 4.74 Å². The lowest BCUT2D eigenvalue weighted by atomic mass is 10.1. The number of methoxy groups -OCH3 is 1. The molecule has 1 aromatic heterocycles. The second-order valence-electron chi connectivity index (χ2n) is 4.75. The summed E-state index contributed by atoms with van der Waals surface area (Å²) in [4.78, 5) is 10.4. The average Bonchev–Trinajstić information content (AvgIpc) is 2.36. The molecular formula is C11H19N5O2. The van der Waals surface area contributed by atoms with Gasteiger partial charge in [-0.15, -0.1) is 0 Å². The van der Waals surface area contributed by atoms with Crippen LogP contribution in [0.3, 0.4) is 0 Å². The minimum Gasteiger partial charge on any atom is -0.490 e. The maximum absolute atomic E-state index is 5.68. The largest absolute Gasteiger partial charge is 0.490 e. The van der Waals surface area contributed by atoms with Gasteiger partial charge < -0.3 is 19.8 Å². The Kier molecular flexibility index (Phi) is 3.53. The van der Waals surface area contributed by atoms with Crippen molar-refractivity contribution in [1.82, 2.24) is 9.97 Å². The molecule has 0 atom stereocenters. The number of ether oxygens (including phenoxy) is 2. The Hall–Kier alpha value is -1.60. The molecule has 2 rings (SSSR count). The minimum absolute atomic E-state index is 0.204. The molecule has 2 heterocycles. The fourth-order valence-electron chi connectivity index (χ4n) is 2.08. The van der Waals surface area contributed by atoms with Crippen LogP contribution in [0, 0.1) is 0 Å². The molecule has 1 aliphatic rings. The van der Waals surface area contributed by atoms with E-state index in [1.165, 1.54) is 6.33 Å². The lowest BCUT2D eigenvalue weighted by Gasteiger charge is -2.39. The molecule has 0 unspecified atom stereocenters. The van der Waals surface area contributed by atoms with Crippen LogP contribution in [0.2, 0.25) is 0 Å². The third kappa shape index (κ3) is 2.46. The van der Waals surface area contributed by atoms with Gasteiger partial charge in [-0.1, -0.05) is 0 Å². The highest BCUT2D eigenvalue weighted by atomic mass is 16.5. The van der Waals surface area contributed by atoms with Crippen molar-refractivity contribution in [2.45, 2.75) is 19.4 Å². The number of hydrogen-bond acceptors (Lipinski definition) is 7. The van der Waals surface area contributed by atoms with Gasteiger partial charge >= 0.3 is 0 Å². The van der Waals surface area contributed by atoms with Crippen molar-refractivity contribution in [3.05, 3.63) is 6.33 Å². The van der Waals surface area contributed by atoms with Crippen LogP contribution in [0.5, 0.6) is 5.75 Å². The highest BCUT2D eigenvalue weighted by Gasteiger charge is 2.30. The summed E-state index contributed by atoms with van der Waals surface area (Å²) in [6.07, 6.45) is 1.47. The summed E-state index contributed by atoms with van der Waals surface area (Å²) >= 11 is 0. The number of anilines is 2. The Morgan fingerprint density at radius 3 is 2.89 bits per heavy atom. The predicted molar refractivity (Wildman–Crippen MR) is 68.6 cm³/mol. The molecule has 1 saturated heterocycles. The van der Waals surface area contributed by atoms with Gasteiger partial charge in [-0.2, -0.15) is 0 Å². The van der Waals surface area contributed by atoms with E-state index in [2.05, 4.69) is 34.1 Å². The van der Waals surface area contributed by atoms with Crippen molar-refractivity contribution in [3.8, 4) is 5.75 Å². The summed E-state index contributed by atoms with van der Waals surface area (Å²) in [6, 6.07) is 0. The van der Waals surface area contributed by atoms with E-state index in [0.717, 1.165) is 18.9 Å². The topological polar surface area (TPSA) is 85.5 Å². The van der Waals surface area contributed by atoms with Gasteiger partial charge in [-0.05, 0) is 13.8 Å². The fraction of sp³-hybridized carbons (Fsp3) is 0.636. The molecule has 0 spiro atoms. The molecule has 0 amide bonds. The molecular weight excluding hydrogens is 234 g/mol. The van der Waals surface area contributed by atoms with Gasteiger partial charge in [0.05, 0.1) is 19.3 Å². The highest BCUT2D eigenvalue weighted by Crippen LogP contribution is 2.33. The first-order chi connectivity index (χ1) is 8.57. The van der Waals surface area contributed by atoms with Crippen molar-refractivity contribution < 1.29 is 9.47 Å². The summed E-state index contributed by atoms with van der Waals surface area (Å²) in [5, 5.41) is 0. The second-order valence-corrected chi connectivity index (χ2v) is 4.75. The van der Waals surface area contributed by atoms with Crippen molar-refractivity contribution in [3.63, 3.8) is 0 Å². The molecule has 0 bridgehead atoms. The Balaban J connectivity index is 2.32. The van der Waals surface area contributed by atoms with Crippen molar-refractivity contribution >= 4 is 11.6 Å². The first kappa shape index (κ1) is 12.8. The fourth-order valence-corrected chi connectivity index (χ4v) is 2.08. The van der Waals surface area contributed by atoms with Crippen LogP contribution < -0.4 is 20.9 Å². The van der Waals surface area contributed by atoms with Crippen molar-refractivity contribution in [1.29, 1.82) is 0 Å². The Morgan fingerprint density at radius 2 is 2.28 bits per heavy atom. The lowest BCUT2D eigenvalue weighted by Crippen LogP contribution is -2.48. The third-order valence-electron chi connectivity index (χ3n) is 2.85. The summed E-state index contributed by atoms with van der Waals surface area (Å²) < 4.78 is 11.0. The first-order valence-corrected chi connectivity index (χ1v) is 5.82. The molecule has 3 N–H and O–H groups in total. The number of aromatic nitrogens is 2. The second kappa shape index (κ2) is 4.95. The van der Waals surface area contributed by atoms with E-state index < -0.39 is 0 Å². The monoisotopic (exact) mass is 253 g/mol.